The van der Waals surface area contributed by atoms with E-state index in [1.54, 1.807) is 6.07 Å². The van der Waals surface area contributed by atoms with Crippen LogP contribution in [-0.4, -0.2) is 11.1 Å². The molecule has 23 heavy (non-hydrogen) atoms. The van der Waals surface area contributed by atoms with Gasteiger partial charge in [0, 0.05) is 21.2 Å². The van der Waals surface area contributed by atoms with Crippen molar-refractivity contribution in [1.82, 2.24) is 5.16 Å². The SMILES string of the molecule is Cc1cc(Br)cc(C(=O)Nc2noc(-c3ccccc3)c2C)c1. The molecular formula is C18H15BrN2O2. The lowest BCUT2D eigenvalue weighted by Gasteiger charge is -2.05. The summed E-state index contributed by atoms with van der Waals surface area (Å²) in [5, 5.41) is 6.79. The van der Waals surface area contributed by atoms with Gasteiger partial charge < -0.3 is 9.84 Å². The van der Waals surface area contributed by atoms with Crippen molar-refractivity contribution in [2.24, 2.45) is 0 Å². The minimum Gasteiger partial charge on any atom is -0.354 e. The molecule has 0 aliphatic rings. The Morgan fingerprint density at radius 1 is 1.13 bits per heavy atom. The Labute approximate surface area is 142 Å². The fraction of sp³-hybridized carbons (Fsp3) is 0.111. The van der Waals surface area contributed by atoms with Crippen molar-refractivity contribution in [2.75, 3.05) is 5.32 Å². The quantitative estimate of drug-likeness (QED) is 0.707. The summed E-state index contributed by atoms with van der Waals surface area (Å²) in [6.45, 7) is 3.82. The first kappa shape index (κ1) is 15.5. The molecule has 0 atom stereocenters. The van der Waals surface area contributed by atoms with Crippen LogP contribution in [0.5, 0.6) is 0 Å². The van der Waals surface area contributed by atoms with Gasteiger partial charge in [0.15, 0.2) is 11.6 Å². The number of hydrogen-bond acceptors (Lipinski definition) is 3. The van der Waals surface area contributed by atoms with Crippen molar-refractivity contribution in [1.29, 1.82) is 0 Å². The van der Waals surface area contributed by atoms with Gasteiger partial charge in [-0.2, -0.15) is 0 Å². The van der Waals surface area contributed by atoms with Crippen molar-refractivity contribution in [3.05, 3.63) is 69.7 Å². The molecule has 1 amide bonds. The largest absolute Gasteiger partial charge is 0.354 e. The Kier molecular flexibility index (Phi) is 4.30. The van der Waals surface area contributed by atoms with Gasteiger partial charge in [0.1, 0.15) is 0 Å². The zero-order chi connectivity index (χ0) is 16.4. The molecular weight excluding hydrogens is 356 g/mol. The topological polar surface area (TPSA) is 55.1 Å². The standard InChI is InChI=1S/C18H15BrN2O2/c1-11-8-14(10-15(19)9-11)18(22)20-17-12(2)16(23-21-17)13-6-4-3-5-7-13/h3-10H,1-2H3,(H,20,21,22). The summed E-state index contributed by atoms with van der Waals surface area (Å²) in [5.74, 6) is 0.878. The van der Waals surface area contributed by atoms with E-state index < -0.39 is 0 Å². The maximum Gasteiger partial charge on any atom is 0.256 e. The Morgan fingerprint density at radius 2 is 1.87 bits per heavy atom. The van der Waals surface area contributed by atoms with Gasteiger partial charge in [0.2, 0.25) is 0 Å². The van der Waals surface area contributed by atoms with Crippen LogP contribution in [0.2, 0.25) is 0 Å². The van der Waals surface area contributed by atoms with Crippen molar-refractivity contribution in [3.63, 3.8) is 0 Å². The van der Waals surface area contributed by atoms with Gasteiger partial charge in [-0.25, -0.2) is 0 Å². The highest BCUT2D eigenvalue weighted by molar-refractivity contribution is 9.10. The first-order chi connectivity index (χ1) is 11.0. The van der Waals surface area contributed by atoms with Crippen molar-refractivity contribution < 1.29 is 9.32 Å². The number of aromatic nitrogens is 1. The molecule has 1 aromatic heterocycles. The summed E-state index contributed by atoms with van der Waals surface area (Å²) in [7, 11) is 0. The van der Waals surface area contributed by atoms with Crippen molar-refractivity contribution >= 4 is 27.7 Å². The summed E-state index contributed by atoms with van der Waals surface area (Å²) in [6, 6.07) is 15.2. The number of halogens is 1. The van der Waals surface area contributed by atoms with Crippen molar-refractivity contribution in [3.8, 4) is 11.3 Å². The Balaban J connectivity index is 1.86. The third-order valence-corrected chi connectivity index (χ3v) is 3.95. The summed E-state index contributed by atoms with van der Waals surface area (Å²) in [6.07, 6.45) is 0. The fourth-order valence-corrected chi connectivity index (χ4v) is 2.97. The van der Waals surface area contributed by atoms with Crippen LogP contribution in [0.15, 0.2) is 57.5 Å². The number of nitrogens with one attached hydrogen (secondary N) is 1. The fourth-order valence-electron chi connectivity index (χ4n) is 2.36. The predicted octanol–water partition coefficient (Wildman–Crippen LogP) is 4.97. The van der Waals surface area contributed by atoms with Gasteiger partial charge in [-0.3, -0.25) is 4.79 Å². The van der Waals surface area contributed by atoms with Crippen LogP contribution in [0.4, 0.5) is 5.82 Å². The molecule has 0 saturated heterocycles. The number of hydrogen-bond donors (Lipinski definition) is 1. The molecule has 1 N–H and O–H groups in total. The predicted molar refractivity (Wildman–Crippen MR) is 93.5 cm³/mol. The Hall–Kier alpha value is -2.40. The molecule has 3 aromatic rings. The molecule has 0 unspecified atom stereocenters. The number of nitrogens with zero attached hydrogens (tertiary/aromatic N) is 1. The highest BCUT2D eigenvalue weighted by Gasteiger charge is 2.16. The normalized spacial score (nSPS) is 10.6. The molecule has 1 heterocycles. The molecule has 116 valence electrons. The third kappa shape index (κ3) is 3.35. The van der Waals surface area contributed by atoms with E-state index >= 15 is 0 Å². The summed E-state index contributed by atoms with van der Waals surface area (Å²) >= 11 is 3.40. The number of amides is 1. The summed E-state index contributed by atoms with van der Waals surface area (Å²) in [5.41, 5.74) is 3.31. The van der Waals surface area contributed by atoms with Gasteiger partial charge in [-0.15, -0.1) is 0 Å². The van der Waals surface area contributed by atoms with E-state index in [9.17, 15) is 4.79 Å². The van der Waals surface area contributed by atoms with Crippen LogP contribution in [0.3, 0.4) is 0 Å². The van der Waals surface area contributed by atoms with E-state index in [0.717, 1.165) is 21.2 Å². The van der Waals surface area contributed by atoms with Gasteiger partial charge in [-0.1, -0.05) is 51.4 Å². The average molecular weight is 371 g/mol. The smallest absolute Gasteiger partial charge is 0.256 e. The van der Waals surface area contributed by atoms with E-state index in [1.165, 1.54) is 0 Å². The number of benzene rings is 2. The van der Waals surface area contributed by atoms with Crippen LogP contribution in [0.1, 0.15) is 21.5 Å². The highest BCUT2D eigenvalue weighted by Crippen LogP contribution is 2.28. The number of rotatable bonds is 3. The number of carbonyl (C=O) groups is 1. The van der Waals surface area contributed by atoms with Crippen LogP contribution in [0.25, 0.3) is 11.3 Å². The number of carbonyl (C=O) groups excluding carboxylic acids is 1. The molecule has 0 fully saturated rings. The van der Waals surface area contributed by atoms with Gasteiger partial charge >= 0.3 is 0 Å². The van der Waals surface area contributed by atoms with Gasteiger partial charge in [0.25, 0.3) is 5.91 Å². The molecule has 0 radical (unpaired) electrons. The molecule has 0 saturated carbocycles. The number of anilines is 1. The van der Waals surface area contributed by atoms with E-state index in [2.05, 4.69) is 26.4 Å². The molecule has 0 spiro atoms. The maximum absolute atomic E-state index is 12.4. The first-order valence-corrected chi connectivity index (χ1v) is 7.94. The van der Waals surface area contributed by atoms with Gasteiger partial charge in [-0.05, 0) is 37.6 Å². The summed E-state index contributed by atoms with van der Waals surface area (Å²) < 4.78 is 6.26. The molecule has 0 aliphatic heterocycles. The van der Waals surface area contributed by atoms with Crippen LogP contribution in [-0.2, 0) is 0 Å². The molecule has 3 rings (SSSR count). The Bertz CT molecular complexity index is 836. The molecule has 0 bridgehead atoms. The van der Waals surface area contributed by atoms with Crippen LogP contribution in [0, 0.1) is 13.8 Å². The molecule has 5 heteroatoms. The highest BCUT2D eigenvalue weighted by atomic mass is 79.9. The lowest BCUT2D eigenvalue weighted by Crippen LogP contribution is -2.13. The second kappa shape index (κ2) is 6.38. The minimum absolute atomic E-state index is 0.217. The van der Waals surface area contributed by atoms with Crippen molar-refractivity contribution in [2.45, 2.75) is 13.8 Å². The van der Waals surface area contributed by atoms with E-state index in [-0.39, 0.29) is 5.91 Å². The average Bonchev–Trinajstić information content (AvgIpc) is 2.88. The van der Waals surface area contributed by atoms with Crippen LogP contribution < -0.4 is 5.32 Å². The van der Waals surface area contributed by atoms with E-state index in [0.29, 0.717) is 17.1 Å². The lowest BCUT2D eigenvalue weighted by molar-refractivity contribution is 0.102. The molecule has 2 aromatic carbocycles. The maximum atomic E-state index is 12.4. The molecule has 4 nitrogen and oxygen atoms in total. The van der Waals surface area contributed by atoms with Gasteiger partial charge in [0.05, 0.1) is 0 Å². The minimum atomic E-state index is -0.217. The first-order valence-electron chi connectivity index (χ1n) is 7.15. The second-order valence-corrected chi connectivity index (χ2v) is 6.24. The summed E-state index contributed by atoms with van der Waals surface area (Å²) in [4.78, 5) is 12.4. The van der Waals surface area contributed by atoms with Crippen LogP contribution >= 0.6 is 15.9 Å². The third-order valence-electron chi connectivity index (χ3n) is 3.50. The zero-order valence-corrected chi connectivity index (χ0v) is 14.3. The van der Waals surface area contributed by atoms with E-state index in [4.69, 9.17) is 4.52 Å². The number of aryl methyl sites for hydroxylation is 1. The lowest BCUT2D eigenvalue weighted by atomic mass is 10.1. The monoisotopic (exact) mass is 370 g/mol. The molecule has 0 aliphatic carbocycles. The Morgan fingerprint density at radius 3 is 2.57 bits per heavy atom. The van der Waals surface area contributed by atoms with E-state index in [1.807, 2.05) is 56.3 Å². The second-order valence-electron chi connectivity index (χ2n) is 5.32. The zero-order valence-electron chi connectivity index (χ0n) is 12.8.